The normalized spacial score (nSPS) is 31.5. The van der Waals surface area contributed by atoms with Crippen molar-refractivity contribution < 1.29 is 13.2 Å². The summed E-state index contributed by atoms with van der Waals surface area (Å²) in [4.78, 5) is 14.4. The molecule has 2 aliphatic heterocycles. The summed E-state index contributed by atoms with van der Waals surface area (Å²) in [7, 11) is -3.15. The molecule has 2 aliphatic rings. The number of amides is 1. The lowest BCUT2D eigenvalue weighted by atomic mass is 9.93. The Morgan fingerprint density at radius 2 is 2.15 bits per heavy atom. The van der Waals surface area contributed by atoms with Gasteiger partial charge in [0, 0.05) is 26.2 Å². The molecule has 20 heavy (non-hydrogen) atoms. The number of piperidine rings is 1. The molecule has 3 unspecified atom stereocenters. The van der Waals surface area contributed by atoms with E-state index in [9.17, 15) is 13.2 Å². The third-order valence-corrected chi connectivity index (χ3v) is 4.99. The van der Waals surface area contributed by atoms with Crippen LogP contribution in [0.15, 0.2) is 0 Å². The number of carbonyl (C=O) groups is 1. The van der Waals surface area contributed by atoms with Crippen LogP contribution in [0.25, 0.3) is 0 Å². The third kappa shape index (κ3) is 4.17. The molecule has 0 aromatic carbocycles. The molecule has 116 valence electrons. The van der Waals surface area contributed by atoms with Crippen LogP contribution in [0, 0.1) is 17.8 Å². The number of likely N-dealkylation sites (tertiary alicyclic amines) is 1. The minimum absolute atomic E-state index is 0.0802. The third-order valence-electron chi connectivity index (χ3n) is 4.30. The lowest BCUT2D eigenvalue weighted by molar-refractivity contribution is -0.137. The summed E-state index contributed by atoms with van der Waals surface area (Å²) in [5, 5.41) is 3.26. The number of rotatable bonds is 4. The molecule has 2 heterocycles. The van der Waals surface area contributed by atoms with Crippen molar-refractivity contribution in [3.8, 4) is 0 Å². The number of hydrogen-bond acceptors (Lipinski definition) is 4. The maximum absolute atomic E-state index is 12.5. The van der Waals surface area contributed by atoms with Gasteiger partial charge in [-0.15, -0.1) is 0 Å². The van der Waals surface area contributed by atoms with E-state index >= 15 is 0 Å². The largest absolute Gasteiger partial charge is 0.342 e. The molecule has 7 heteroatoms. The molecular weight excluding hydrogens is 278 g/mol. The average Bonchev–Trinajstić information content (AvgIpc) is 2.81. The number of sulfonamides is 1. The topological polar surface area (TPSA) is 78.5 Å². The first-order valence-electron chi connectivity index (χ1n) is 7.31. The number of hydrogen-bond donors (Lipinski definition) is 2. The SMILES string of the molecule is CC1CNCC1C(=O)N1CCCC(CNS(C)(=O)=O)C1. The summed E-state index contributed by atoms with van der Waals surface area (Å²) >= 11 is 0. The first kappa shape index (κ1) is 15.7. The molecule has 2 fully saturated rings. The van der Waals surface area contributed by atoms with Crippen LogP contribution in [0.1, 0.15) is 19.8 Å². The first-order valence-corrected chi connectivity index (χ1v) is 9.20. The highest BCUT2D eigenvalue weighted by Crippen LogP contribution is 2.23. The molecule has 0 radical (unpaired) electrons. The zero-order valence-corrected chi connectivity index (χ0v) is 13.1. The zero-order chi connectivity index (χ0) is 14.8. The Labute approximate surface area is 121 Å². The highest BCUT2D eigenvalue weighted by atomic mass is 32.2. The average molecular weight is 303 g/mol. The van der Waals surface area contributed by atoms with Gasteiger partial charge in [-0.25, -0.2) is 13.1 Å². The smallest absolute Gasteiger partial charge is 0.227 e. The Bertz CT molecular complexity index is 452. The maximum atomic E-state index is 12.5. The van der Waals surface area contributed by atoms with Crippen molar-refractivity contribution in [1.29, 1.82) is 0 Å². The van der Waals surface area contributed by atoms with Gasteiger partial charge in [0.1, 0.15) is 0 Å². The molecule has 0 saturated carbocycles. The Morgan fingerprint density at radius 3 is 2.75 bits per heavy atom. The fourth-order valence-electron chi connectivity index (χ4n) is 3.08. The highest BCUT2D eigenvalue weighted by Gasteiger charge is 2.34. The van der Waals surface area contributed by atoms with E-state index in [0.29, 0.717) is 19.0 Å². The van der Waals surface area contributed by atoms with Crippen molar-refractivity contribution in [2.75, 3.05) is 39.0 Å². The molecule has 2 rings (SSSR count). The lowest BCUT2D eigenvalue weighted by Crippen LogP contribution is -2.46. The van der Waals surface area contributed by atoms with E-state index in [-0.39, 0.29) is 17.7 Å². The van der Waals surface area contributed by atoms with Gasteiger partial charge in [-0.2, -0.15) is 0 Å². The van der Waals surface area contributed by atoms with Gasteiger partial charge < -0.3 is 10.2 Å². The standard InChI is InChI=1S/C13H25N3O3S/c1-10-6-14-8-12(10)13(17)16-5-3-4-11(9-16)7-15-20(2,18)19/h10-12,14-15H,3-9H2,1-2H3. The van der Waals surface area contributed by atoms with Crippen LogP contribution in [-0.4, -0.2) is 58.2 Å². The van der Waals surface area contributed by atoms with Gasteiger partial charge in [0.15, 0.2) is 0 Å². The maximum Gasteiger partial charge on any atom is 0.227 e. The van der Waals surface area contributed by atoms with Crippen molar-refractivity contribution in [3.63, 3.8) is 0 Å². The van der Waals surface area contributed by atoms with Crippen LogP contribution < -0.4 is 10.0 Å². The molecule has 0 bridgehead atoms. The Morgan fingerprint density at radius 1 is 1.40 bits per heavy atom. The van der Waals surface area contributed by atoms with E-state index in [0.717, 1.165) is 32.5 Å². The van der Waals surface area contributed by atoms with Crippen LogP contribution in [0.2, 0.25) is 0 Å². The summed E-state index contributed by atoms with van der Waals surface area (Å²) in [5.41, 5.74) is 0. The second-order valence-corrected chi connectivity index (χ2v) is 7.99. The van der Waals surface area contributed by atoms with E-state index in [2.05, 4.69) is 17.0 Å². The molecule has 3 atom stereocenters. The molecule has 0 aliphatic carbocycles. The summed E-state index contributed by atoms with van der Waals surface area (Å²) in [5.74, 6) is 0.923. The van der Waals surface area contributed by atoms with Gasteiger partial charge in [-0.3, -0.25) is 4.79 Å². The van der Waals surface area contributed by atoms with Crippen molar-refractivity contribution in [2.45, 2.75) is 19.8 Å². The fourth-order valence-corrected chi connectivity index (χ4v) is 3.61. The van der Waals surface area contributed by atoms with Gasteiger partial charge in [-0.05, 0) is 31.2 Å². The second-order valence-electron chi connectivity index (χ2n) is 6.16. The Kier molecular flexibility index (Phi) is 5.04. The van der Waals surface area contributed by atoms with Crippen molar-refractivity contribution in [1.82, 2.24) is 14.9 Å². The molecule has 6 nitrogen and oxygen atoms in total. The molecule has 1 amide bonds. The van der Waals surface area contributed by atoms with Crippen LogP contribution in [0.5, 0.6) is 0 Å². The monoisotopic (exact) mass is 303 g/mol. The predicted octanol–water partition coefficient (Wildman–Crippen LogP) is -0.370. The Balaban J connectivity index is 1.88. The van der Waals surface area contributed by atoms with E-state index in [1.165, 1.54) is 6.26 Å². The highest BCUT2D eigenvalue weighted by molar-refractivity contribution is 7.88. The van der Waals surface area contributed by atoms with Gasteiger partial charge in [-0.1, -0.05) is 6.92 Å². The van der Waals surface area contributed by atoms with Crippen molar-refractivity contribution in [3.05, 3.63) is 0 Å². The van der Waals surface area contributed by atoms with Crippen molar-refractivity contribution >= 4 is 15.9 Å². The van der Waals surface area contributed by atoms with Crippen LogP contribution in [0.3, 0.4) is 0 Å². The molecule has 0 aromatic heterocycles. The van der Waals surface area contributed by atoms with Gasteiger partial charge in [0.2, 0.25) is 15.9 Å². The zero-order valence-electron chi connectivity index (χ0n) is 12.3. The van der Waals surface area contributed by atoms with Gasteiger partial charge in [0.25, 0.3) is 0 Å². The summed E-state index contributed by atoms with van der Waals surface area (Å²) in [6.45, 7) is 5.68. The van der Waals surface area contributed by atoms with Crippen LogP contribution in [0.4, 0.5) is 0 Å². The number of nitrogens with zero attached hydrogens (tertiary/aromatic N) is 1. The summed E-state index contributed by atoms with van der Waals surface area (Å²) in [6, 6.07) is 0. The predicted molar refractivity (Wildman–Crippen MR) is 77.7 cm³/mol. The van der Waals surface area contributed by atoms with Gasteiger partial charge in [0.05, 0.1) is 12.2 Å². The van der Waals surface area contributed by atoms with Crippen LogP contribution in [-0.2, 0) is 14.8 Å². The molecule has 0 aromatic rings. The Hall–Kier alpha value is -0.660. The second kappa shape index (κ2) is 6.41. The minimum atomic E-state index is -3.15. The number of carbonyl (C=O) groups excluding carboxylic acids is 1. The lowest BCUT2D eigenvalue weighted by Gasteiger charge is -2.35. The van der Waals surface area contributed by atoms with Gasteiger partial charge >= 0.3 is 0 Å². The van der Waals surface area contributed by atoms with E-state index in [1.54, 1.807) is 0 Å². The number of nitrogens with one attached hydrogen (secondary N) is 2. The summed E-state index contributed by atoms with van der Waals surface area (Å²) < 4.78 is 24.8. The summed E-state index contributed by atoms with van der Waals surface area (Å²) in [6.07, 6.45) is 3.10. The first-order chi connectivity index (χ1) is 9.37. The van der Waals surface area contributed by atoms with E-state index < -0.39 is 10.0 Å². The molecular formula is C13H25N3O3S. The molecule has 2 saturated heterocycles. The van der Waals surface area contributed by atoms with Crippen molar-refractivity contribution in [2.24, 2.45) is 17.8 Å². The minimum Gasteiger partial charge on any atom is -0.342 e. The fraction of sp³-hybridized carbons (Fsp3) is 0.923. The quantitative estimate of drug-likeness (QED) is 0.743. The van der Waals surface area contributed by atoms with E-state index in [4.69, 9.17) is 0 Å². The molecule has 2 N–H and O–H groups in total. The molecule has 0 spiro atoms. The van der Waals surface area contributed by atoms with E-state index in [1.807, 2.05) is 4.90 Å². The van der Waals surface area contributed by atoms with Crippen LogP contribution >= 0.6 is 0 Å².